The molecule has 3 heteroatoms. The van der Waals surface area contributed by atoms with Crippen molar-refractivity contribution in [2.75, 3.05) is 14.2 Å². The van der Waals surface area contributed by atoms with E-state index in [9.17, 15) is 0 Å². The normalized spacial score (nSPS) is 18.4. The van der Waals surface area contributed by atoms with Gasteiger partial charge in [0.1, 0.15) is 11.5 Å². The summed E-state index contributed by atoms with van der Waals surface area (Å²) in [5, 5.41) is 0. The van der Waals surface area contributed by atoms with Crippen molar-refractivity contribution in [1.82, 2.24) is 0 Å². The van der Waals surface area contributed by atoms with Crippen LogP contribution in [0.5, 0.6) is 11.5 Å². The van der Waals surface area contributed by atoms with Gasteiger partial charge in [-0.1, -0.05) is 19.3 Å². The number of methoxy groups -OCH3 is 2. The zero-order valence-corrected chi connectivity index (χ0v) is 11.6. The van der Waals surface area contributed by atoms with Crippen molar-refractivity contribution >= 4 is 0 Å². The molecular weight excluding hydrogens is 226 g/mol. The molecule has 2 N–H and O–H groups in total. The first-order chi connectivity index (χ1) is 8.60. The largest absolute Gasteiger partial charge is 0.496 e. The van der Waals surface area contributed by atoms with Gasteiger partial charge >= 0.3 is 0 Å². The van der Waals surface area contributed by atoms with Crippen molar-refractivity contribution in [3.63, 3.8) is 0 Å². The SMILES string of the molecule is COc1cc(C2(N)CCCCC2)c(OC)cc1C. The quantitative estimate of drug-likeness (QED) is 0.895. The third-order valence-electron chi connectivity index (χ3n) is 4.00. The average Bonchev–Trinajstić information content (AvgIpc) is 2.39. The first kappa shape index (κ1) is 13.2. The molecule has 0 heterocycles. The molecule has 0 unspecified atom stereocenters. The first-order valence-corrected chi connectivity index (χ1v) is 6.63. The molecule has 100 valence electrons. The zero-order chi connectivity index (χ0) is 13.2. The van der Waals surface area contributed by atoms with Crippen LogP contribution >= 0.6 is 0 Å². The lowest BCUT2D eigenvalue weighted by Crippen LogP contribution is -2.39. The number of nitrogens with two attached hydrogens (primary N) is 1. The van der Waals surface area contributed by atoms with Crippen molar-refractivity contribution < 1.29 is 9.47 Å². The van der Waals surface area contributed by atoms with Crippen molar-refractivity contribution in [1.29, 1.82) is 0 Å². The van der Waals surface area contributed by atoms with Crippen LogP contribution in [0.1, 0.15) is 43.2 Å². The molecule has 0 atom stereocenters. The smallest absolute Gasteiger partial charge is 0.124 e. The Morgan fingerprint density at radius 3 is 2.17 bits per heavy atom. The van der Waals surface area contributed by atoms with E-state index in [1.54, 1.807) is 14.2 Å². The molecule has 2 rings (SSSR count). The van der Waals surface area contributed by atoms with Crippen LogP contribution in [0.15, 0.2) is 12.1 Å². The Morgan fingerprint density at radius 1 is 1.00 bits per heavy atom. The monoisotopic (exact) mass is 249 g/mol. The van der Waals surface area contributed by atoms with Gasteiger partial charge in [0, 0.05) is 11.1 Å². The molecule has 0 bridgehead atoms. The molecule has 0 aromatic heterocycles. The predicted octanol–water partition coefficient (Wildman–Crippen LogP) is 3.13. The fraction of sp³-hybridized carbons (Fsp3) is 0.600. The Labute approximate surface area is 109 Å². The Balaban J connectivity index is 2.47. The van der Waals surface area contributed by atoms with Gasteiger partial charge in [0.05, 0.1) is 14.2 Å². The topological polar surface area (TPSA) is 44.5 Å². The van der Waals surface area contributed by atoms with Gasteiger partial charge in [-0.25, -0.2) is 0 Å². The van der Waals surface area contributed by atoms with E-state index in [1.165, 1.54) is 19.3 Å². The standard InChI is InChI=1S/C15H23NO2/c1-11-9-14(18-3)12(10-13(11)17-2)15(16)7-5-4-6-8-15/h9-10H,4-8,16H2,1-3H3. The molecule has 1 fully saturated rings. The molecular formula is C15H23NO2. The fourth-order valence-corrected chi connectivity index (χ4v) is 2.89. The summed E-state index contributed by atoms with van der Waals surface area (Å²) in [5.41, 5.74) is 8.51. The van der Waals surface area contributed by atoms with Gasteiger partial charge in [-0.3, -0.25) is 0 Å². The Kier molecular flexibility index (Phi) is 3.81. The van der Waals surface area contributed by atoms with Crippen LogP contribution in [0.3, 0.4) is 0 Å². The van der Waals surface area contributed by atoms with E-state index in [2.05, 4.69) is 6.07 Å². The second-order valence-corrected chi connectivity index (χ2v) is 5.24. The van der Waals surface area contributed by atoms with Crippen LogP contribution < -0.4 is 15.2 Å². The zero-order valence-electron chi connectivity index (χ0n) is 11.6. The van der Waals surface area contributed by atoms with E-state index in [4.69, 9.17) is 15.2 Å². The van der Waals surface area contributed by atoms with E-state index < -0.39 is 0 Å². The Hall–Kier alpha value is -1.22. The average molecular weight is 249 g/mol. The minimum atomic E-state index is -0.259. The van der Waals surface area contributed by atoms with Gasteiger partial charge in [-0.2, -0.15) is 0 Å². The highest BCUT2D eigenvalue weighted by Gasteiger charge is 2.32. The molecule has 1 aliphatic rings. The highest BCUT2D eigenvalue weighted by Crippen LogP contribution is 2.41. The van der Waals surface area contributed by atoms with Crippen LogP contribution in [0, 0.1) is 6.92 Å². The third-order valence-corrected chi connectivity index (χ3v) is 4.00. The molecule has 0 aliphatic heterocycles. The molecule has 1 aromatic carbocycles. The van der Waals surface area contributed by atoms with E-state index >= 15 is 0 Å². The lowest BCUT2D eigenvalue weighted by atomic mass is 9.77. The molecule has 0 saturated heterocycles. The second-order valence-electron chi connectivity index (χ2n) is 5.24. The highest BCUT2D eigenvalue weighted by molar-refractivity contribution is 5.49. The van der Waals surface area contributed by atoms with Gasteiger partial charge < -0.3 is 15.2 Å². The molecule has 1 aromatic rings. The molecule has 1 aliphatic carbocycles. The summed E-state index contributed by atoms with van der Waals surface area (Å²) in [5.74, 6) is 1.78. The summed E-state index contributed by atoms with van der Waals surface area (Å²) in [7, 11) is 3.40. The maximum absolute atomic E-state index is 6.59. The van der Waals surface area contributed by atoms with Crippen LogP contribution in [-0.4, -0.2) is 14.2 Å². The van der Waals surface area contributed by atoms with Crippen LogP contribution in [-0.2, 0) is 5.54 Å². The van der Waals surface area contributed by atoms with E-state index in [1.807, 2.05) is 13.0 Å². The summed E-state index contributed by atoms with van der Waals surface area (Å²) >= 11 is 0. The summed E-state index contributed by atoms with van der Waals surface area (Å²) in [6.45, 7) is 2.02. The maximum Gasteiger partial charge on any atom is 0.124 e. The van der Waals surface area contributed by atoms with Gasteiger partial charge in [-0.15, -0.1) is 0 Å². The van der Waals surface area contributed by atoms with E-state index in [-0.39, 0.29) is 5.54 Å². The lowest BCUT2D eigenvalue weighted by Gasteiger charge is -2.35. The lowest BCUT2D eigenvalue weighted by molar-refractivity contribution is 0.287. The van der Waals surface area contributed by atoms with Gasteiger partial charge in [0.15, 0.2) is 0 Å². The summed E-state index contributed by atoms with van der Waals surface area (Å²) in [6, 6.07) is 4.08. The van der Waals surface area contributed by atoms with E-state index in [0.717, 1.165) is 35.5 Å². The van der Waals surface area contributed by atoms with Gasteiger partial charge in [0.25, 0.3) is 0 Å². The summed E-state index contributed by atoms with van der Waals surface area (Å²) < 4.78 is 10.9. The molecule has 3 nitrogen and oxygen atoms in total. The number of rotatable bonds is 3. The number of ether oxygens (including phenoxy) is 2. The highest BCUT2D eigenvalue weighted by atomic mass is 16.5. The van der Waals surface area contributed by atoms with Crippen LogP contribution in [0.25, 0.3) is 0 Å². The summed E-state index contributed by atoms with van der Waals surface area (Å²) in [4.78, 5) is 0. The molecule has 0 spiro atoms. The van der Waals surface area contributed by atoms with Crippen molar-refractivity contribution in [3.8, 4) is 11.5 Å². The number of aryl methyl sites for hydroxylation is 1. The second kappa shape index (κ2) is 5.19. The maximum atomic E-state index is 6.59. The van der Waals surface area contributed by atoms with Gasteiger partial charge in [0.2, 0.25) is 0 Å². The Bertz CT molecular complexity index is 423. The van der Waals surface area contributed by atoms with Crippen LogP contribution in [0.2, 0.25) is 0 Å². The van der Waals surface area contributed by atoms with Gasteiger partial charge in [-0.05, 0) is 37.5 Å². The number of benzene rings is 1. The number of hydrogen-bond donors (Lipinski definition) is 1. The number of hydrogen-bond acceptors (Lipinski definition) is 3. The molecule has 0 amide bonds. The van der Waals surface area contributed by atoms with E-state index in [0.29, 0.717) is 0 Å². The van der Waals surface area contributed by atoms with Crippen molar-refractivity contribution in [2.24, 2.45) is 5.73 Å². The molecule has 1 saturated carbocycles. The molecule has 18 heavy (non-hydrogen) atoms. The minimum Gasteiger partial charge on any atom is -0.496 e. The minimum absolute atomic E-state index is 0.259. The fourth-order valence-electron chi connectivity index (χ4n) is 2.89. The third kappa shape index (κ3) is 2.32. The van der Waals surface area contributed by atoms with Crippen molar-refractivity contribution in [2.45, 2.75) is 44.6 Å². The molecule has 0 radical (unpaired) electrons. The Morgan fingerprint density at radius 2 is 1.61 bits per heavy atom. The van der Waals surface area contributed by atoms with Crippen molar-refractivity contribution in [3.05, 3.63) is 23.3 Å². The summed E-state index contributed by atoms with van der Waals surface area (Å²) in [6.07, 6.45) is 5.71. The predicted molar refractivity (Wildman–Crippen MR) is 73.2 cm³/mol. The first-order valence-electron chi connectivity index (χ1n) is 6.63. The van der Waals surface area contributed by atoms with Crippen LogP contribution in [0.4, 0.5) is 0 Å².